The van der Waals surface area contributed by atoms with E-state index in [2.05, 4.69) is 31.9 Å². The van der Waals surface area contributed by atoms with Gasteiger partial charge in [0.05, 0.1) is 0 Å². The van der Waals surface area contributed by atoms with Crippen LogP contribution in [-0.4, -0.2) is 274 Å². The molecule has 0 saturated carbocycles. The van der Waals surface area contributed by atoms with Crippen molar-refractivity contribution in [3.8, 4) is 0 Å². The molecular formula is C44H98N20O6. The Bertz CT molecular complexity index is 1160. The molecule has 0 spiro atoms. The topological polar surface area (TPSA) is 402 Å². The zero-order chi connectivity index (χ0) is 52.0. The average Bonchev–Trinajstić information content (AvgIpc) is 3.33. The van der Waals surface area contributed by atoms with Crippen molar-refractivity contribution < 1.29 is 28.8 Å². The van der Waals surface area contributed by atoms with Gasteiger partial charge in [0.1, 0.15) is 0 Å². The summed E-state index contributed by atoms with van der Waals surface area (Å²) in [6, 6.07) is 0. The number of nitrogens with one attached hydrogen (secondary N) is 6. The average molecular weight is 1000 g/mol. The van der Waals surface area contributed by atoms with E-state index in [0.29, 0.717) is 222 Å². The summed E-state index contributed by atoms with van der Waals surface area (Å²) < 4.78 is 0. The van der Waals surface area contributed by atoms with Gasteiger partial charge in [-0.05, 0) is 0 Å². The van der Waals surface area contributed by atoms with Crippen molar-refractivity contribution in [3.63, 3.8) is 0 Å². The van der Waals surface area contributed by atoms with E-state index in [0.717, 1.165) is 0 Å². The summed E-state index contributed by atoms with van der Waals surface area (Å²) in [4.78, 5) is 88.6. The number of hydrogen-bond donors (Lipinski definition) is 14. The number of nitrogens with zero attached hydrogens (tertiary/aromatic N) is 6. The molecule has 0 aromatic carbocycles. The van der Waals surface area contributed by atoms with Gasteiger partial charge < -0.3 is 97.4 Å². The van der Waals surface area contributed by atoms with Gasteiger partial charge in [-0.1, -0.05) is 0 Å². The Kier molecular flexibility index (Phi) is 43.9. The minimum atomic E-state index is -0.208. The number of carbonyl (C=O) groups is 6. The van der Waals surface area contributed by atoms with Crippen molar-refractivity contribution in [1.82, 2.24) is 61.3 Å². The number of hydrogen-bond acceptors (Lipinski definition) is 20. The summed E-state index contributed by atoms with van der Waals surface area (Å²) in [6.45, 7) is 15.7. The first-order valence-corrected chi connectivity index (χ1v) is 25.4. The minimum absolute atomic E-state index is 0.103. The second-order valence-electron chi connectivity index (χ2n) is 17.0. The van der Waals surface area contributed by atoms with E-state index >= 15 is 0 Å². The maximum Gasteiger partial charge on any atom is 0.221 e. The number of rotatable bonds is 49. The molecule has 6 amide bonds. The summed E-state index contributed by atoms with van der Waals surface area (Å²) in [6.07, 6.45) is 1.54. The smallest absolute Gasteiger partial charge is 0.221 e. The van der Waals surface area contributed by atoms with E-state index in [1.54, 1.807) is 0 Å². The Labute approximate surface area is 418 Å². The van der Waals surface area contributed by atoms with Gasteiger partial charge in [0.15, 0.2) is 0 Å². The summed E-state index contributed by atoms with van der Waals surface area (Å²) >= 11 is 0. The van der Waals surface area contributed by atoms with E-state index < -0.39 is 0 Å². The molecule has 26 nitrogen and oxygen atoms in total. The maximum absolute atomic E-state index is 12.9. The molecule has 410 valence electrons. The van der Waals surface area contributed by atoms with Crippen molar-refractivity contribution in [2.45, 2.75) is 38.5 Å². The molecule has 0 aromatic rings. The van der Waals surface area contributed by atoms with Crippen molar-refractivity contribution in [1.29, 1.82) is 0 Å². The van der Waals surface area contributed by atoms with Crippen molar-refractivity contribution in [2.75, 3.05) is 209 Å². The van der Waals surface area contributed by atoms with Gasteiger partial charge in [-0.2, -0.15) is 0 Å². The molecule has 0 unspecified atom stereocenters. The summed E-state index contributed by atoms with van der Waals surface area (Å²) in [7, 11) is 0. The van der Waals surface area contributed by atoms with Crippen LogP contribution in [-0.2, 0) is 28.8 Å². The Morgan fingerprint density at radius 1 is 0.214 bits per heavy atom. The molecule has 0 saturated heterocycles. The predicted molar refractivity (Wildman–Crippen MR) is 277 cm³/mol. The van der Waals surface area contributed by atoms with Gasteiger partial charge in [-0.15, -0.1) is 0 Å². The van der Waals surface area contributed by atoms with E-state index in [1.165, 1.54) is 0 Å². The van der Waals surface area contributed by atoms with E-state index in [9.17, 15) is 28.8 Å². The first kappa shape index (κ1) is 66.3. The van der Waals surface area contributed by atoms with Gasteiger partial charge >= 0.3 is 0 Å². The van der Waals surface area contributed by atoms with Crippen LogP contribution in [0.25, 0.3) is 0 Å². The Hall–Kier alpha value is -3.74. The van der Waals surface area contributed by atoms with Crippen LogP contribution in [0.4, 0.5) is 0 Å². The van der Waals surface area contributed by atoms with Gasteiger partial charge in [0, 0.05) is 248 Å². The third-order valence-electron chi connectivity index (χ3n) is 11.3. The number of amides is 6. The zero-order valence-corrected chi connectivity index (χ0v) is 42.6. The lowest BCUT2D eigenvalue weighted by Gasteiger charge is -2.24. The molecule has 0 aliphatic heterocycles. The molecule has 0 heterocycles. The van der Waals surface area contributed by atoms with Crippen LogP contribution in [0, 0.1) is 0 Å². The lowest BCUT2D eigenvalue weighted by Crippen LogP contribution is -2.43. The maximum atomic E-state index is 12.9. The molecule has 26 heteroatoms. The van der Waals surface area contributed by atoms with Crippen LogP contribution < -0.4 is 77.8 Å². The summed E-state index contributed by atoms with van der Waals surface area (Å²) in [5.74, 6) is -0.829. The fourth-order valence-electron chi connectivity index (χ4n) is 7.38. The van der Waals surface area contributed by atoms with Crippen molar-refractivity contribution >= 4 is 35.4 Å². The number of carbonyl (C=O) groups excluding carboxylic acids is 6. The normalized spacial score (nSPS) is 11.6. The molecular weight excluding hydrogens is 905 g/mol. The Balaban J connectivity index is 5.17. The van der Waals surface area contributed by atoms with E-state index in [1.807, 2.05) is 29.4 Å². The SMILES string of the molecule is NCCN(CCN)CCC(=O)NCCN(CCNC(=O)CCN(CCN)CCN)CCC(=O)NCCNC(=O)CCN(CCNC(=O)CCN(CCN)CCN)CCNC(=O)CCN(CCN)CCN. The standard InChI is InChI=1S/C44H98N20O6/c45-7-27-59(28-8-46)21-1-41(67)55-17-35-63(36-18-56-42(68)2-22-60(29-9-47)30-10-48)25-5-39(65)53-15-16-54-40(66)6-26-64(37-19-57-43(69)3-23-61(31-11-49)32-12-50)38-20-58-44(70)4-24-62(33-13-51)34-14-52/h1-38,45-52H2,(H,53,65)(H,54,66)(H,55,67)(H,56,68)(H,57,69)(H,58,70). The molecule has 70 heavy (non-hydrogen) atoms. The zero-order valence-electron chi connectivity index (χ0n) is 42.6. The van der Waals surface area contributed by atoms with Crippen LogP contribution >= 0.6 is 0 Å². The van der Waals surface area contributed by atoms with E-state index in [-0.39, 0.29) is 61.4 Å². The van der Waals surface area contributed by atoms with Crippen molar-refractivity contribution in [3.05, 3.63) is 0 Å². The van der Waals surface area contributed by atoms with Gasteiger partial charge in [0.2, 0.25) is 35.4 Å². The number of nitrogens with two attached hydrogens (primary N) is 8. The van der Waals surface area contributed by atoms with Gasteiger partial charge in [0.25, 0.3) is 0 Å². The first-order valence-electron chi connectivity index (χ1n) is 25.4. The Morgan fingerprint density at radius 3 is 0.514 bits per heavy atom. The summed E-state index contributed by atoms with van der Waals surface area (Å²) in [5.41, 5.74) is 45.5. The molecule has 0 radical (unpaired) electrons. The third kappa shape index (κ3) is 38.9. The fraction of sp³-hybridized carbons (Fsp3) is 0.864. The van der Waals surface area contributed by atoms with Crippen LogP contribution in [0.2, 0.25) is 0 Å². The second kappa shape index (κ2) is 46.3. The molecule has 0 rings (SSSR count). The van der Waals surface area contributed by atoms with Gasteiger partial charge in [-0.25, -0.2) is 0 Å². The molecule has 0 atom stereocenters. The highest BCUT2D eigenvalue weighted by Gasteiger charge is 2.15. The van der Waals surface area contributed by atoms with E-state index in [4.69, 9.17) is 45.9 Å². The summed E-state index contributed by atoms with van der Waals surface area (Å²) in [5, 5.41) is 17.5. The minimum Gasteiger partial charge on any atom is -0.355 e. The lowest BCUT2D eigenvalue weighted by molar-refractivity contribution is -0.123. The second-order valence-corrected chi connectivity index (χ2v) is 17.0. The Morgan fingerprint density at radius 2 is 0.357 bits per heavy atom. The molecule has 0 aliphatic rings. The first-order chi connectivity index (χ1) is 33.9. The molecule has 0 fully saturated rings. The predicted octanol–water partition coefficient (Wildman–Crippen LogP) is -8.49. The van der Waals surface area contributed by atoms with Gasteiger partial charge in [-0.3, -0.25) is 38.6 Å². The third-order valence-corrected chi connectivity index (χ3v) is 11.3. The largest absolute Gasteiger partial charge is 0.355 e. The molecule has 0 bridgehead atoms. The highest BCUT2D eigenvalue weighted by molar-refractivity contribution is 5.78. The molecule has 22 N–H and O–H groups in total. The molecule has 0 aromatic heterocycles. The van der Waals surface area contributed by atoms with Crippen molar-refractivity contribution in [2.24, 2.45) is 45.9 Å². The highest BCUT2D eigenvalue weighted by Crippen LogP contribution is 1.98. The van der Waals surface area contributed by atoms with Crippen LogP contribution in [0.1, 0.15) is 38.5 Å². The van der Waals surface area contributed by atoms with Crippen LogP contribution in [0.15, 0.2) is 0 Å². The van der Waals surface area contributed by atoms with Crippen LogP contribution in [0.5, 0.6) is 0 Å². The monoisotopic (exact) mass is 1000 g/mol. The lowest BCUT2D eigenvalue weighted by atomic mass is 10.3. The fourth-order valence-corrected chi connectivity index (χ4v) is 7.38. The molecule has 0 aliphatic carbocycles. The quantitative estimate of drug-likeness (QED) is 0.0252. The van der Waals surface area contributed by atoms with Crippen LogP contribution in [0.3, 0.4) is 0 Å². The highest BCUT2D eigenvalue weighted by atomic mass is 16.2.